The first-order chi connectivity index (χ1) is 9.22. The standard InChI is InChI=1S/C14H17N3O2/c18-14(19)11-2-1-10-7-12(16-13(10)8-11)9-17-5-3-15-4-6-17/h1-2,7-8,15-16H,3-6,9H2,(H,18,19). The number of hydrogen-bond acceptors (Lipinski definition) is 3. The maximum Gasteiger partial charge on any atom is 0.335 e. The van der Waals surface area contributed by atoms with Crippen molar-refractivity contribution in [2.45, 2.75) is 6.54 Å². The second-order valence-corrected chi connectivity index (χ2v) is 4.93. The Kier molecular flexibility index (Phi) is 3.23. The third-order valence-corrected chi connectivity index (χ3v) is 3.53. The van der Waals surface area contributed by atoms with Gasteiger partial charge in [-0.3, -0.25) is 4.90 Å². The van der Waals surface area contributed by atoms with Crippen LogP contribution in [0, 0.1) is 0 Å². The van der Waals surface area contributed by atoms with Crippen molar-refractivity contribution < 1.29 is 9.90 Å². The number of H-pyrrole nitrogens is 1. The highest BCUT2D eigenvalue weighted by Gasteiger charge is 2.12. The number of benzene rings is 1. The molecule has 1 aliphatic heterocycles. The van der Waals surface area contributed by atoms with Gasteiger partial charge in [-0.15, -0.1) is 0 Å². The fourth-order valence-corrected chi connectivity index (χ4v) is 2.52. The topological polar surface area (TPSA) is 68.4 Å². The lowest BCUT2D eigenvalue weighted by Crippen LogP contribution is -2.42. The maximum absolute atomic E-state index is 10.9. The van der Waals surface area contributed by atoms with Crippen molar-refractivity contribution in [1.82, 2.24) is 15.2 Å². The van der Waals surface area contributed by atoms with E-state index in [0.29, 0.717) is 5.56 Å². The predicted octanol–water partition coefficient (Wildman–Crippen LogP) is 1.27. The summed E-state index contributed by atoms with van der Waals surface area (Å²) < 4.78 is 0. The number of carboxylic acids is 1. The number of aromatic amines is 1. The minimum Gasteiger partial charge on any atom is -0.478 e. The van der Waals surface area contributed by atoms with E-state index in [-0.39, 0.29) is 0 Å². The first-order valence-electron chi connectivity index (χ1n) is 6.50. The number of aromatic carboxylic acids is 1. The van der Waals surface area contributed by atoms with Crippen molar-refractivity contribution in [1.29, 1.82) is 0 Å². The lowest BCUT2D eigenvalue weighted by Gasteiger charge is -2.26. The van der Waals surface area contributed by atoms with Crippen molar-refractivity contribution in [3.8, 4) is 0 Å². The van der Waals surface area contributed by atoms with Crippen LogP contribution in [0.4, 0.5) is 0 Å². The summed E-state index contributed by atoms with van der Waals surface area (Å²) in [6.07, 6.45) is 0. The van der Waals surface area contributed by atoms with E-state index in [1.165, 1.54) is 0 Å². The van der Waals surface area contributed by atoms with Crippen LogP contribution in [-0.2, 0) is 6.54 Å². The Morgan fingerprint density at radius 2 is 2.05 bits per heavy atom. The first kappa shape index (κ1) is 12.2. The molecule has 2 heterocycles. The van der Waals surface area contributed by atoms with Crippen molar-refractivity contribution in [3.63, 3.8) is 0 Å². The van der Waals surface area contributed by atoms with Crippen LogP contribution in [0.5, 0.6) is 0 Å². The molecule has 0 atom stereocenters. The van der Waals surface area contributed by atoms with Crippen LogP contribution in [0.3, 0.4) is 0 Å². The minimum absolute atomic E-state index is 0.322. The van der Waals surface area contributed by atoms with E-state index in [0.717, 1.165) is 49.3 Å². The number of piperazine rings is 1. The molecular formula is C14H17N3O2. The average Bonchev–Trinajstić information content (AvgIpc) is 2.80. The summed E-state index contributed by atoms with van der Waals surface area (Å²) in [7, 11) is 0. The second kappa shape index (κ2) is 5.03. The zero-order valence-corrected chi connectivity index (χ0v) is 10.6. The number of nitrogens with zero attached hydrogens (tertiary/aromatic N) is 1. The van der Waals surface area contributed by atoms with Crippen molar-refractivity contribution in [2.24, 2.45) is 0 Å². The number of hydrogen-bond donors (Lipinski definition) is 3. The van der Waals surface area contributed by atoms with Gasteiger partial charge in [0.15, 0.2) is 0 Å². The molecule has 5 heteroatoms. The van der Waals surface area contributed by atoms with Gasteiger partial charge in [-0.1, -0.05) is 6.07 Å². The monoisotopic (exact) mass is 259 g/mol. The smallest absolute Gasteiger partial charge is 0.335 e. The predicted molar refractivity (Wildman–Crippen MR) is 73.4 cm³/mol. The number of nitrogens with one attached hydrogen (secondary N) is 2. The number of fused-ring (bicyclic) bond motifs is 1. The van der Waals surface area contributed by atoms with E-state index in [9.17, 15) is 4.79 Å². The van der Waals surface area contributed by atoms with Gasteiger partial charge >= 0.3 is 5.97 Å². The Morgan fingerprint density at radius 1 is 1.26 bits per heavy atom. The molecule has 1 aromatic carbocycles. The molecule has 19 heavy (non-hydrogen) atoms. The molecule has 0 bridgehead atoms. The normalized spacial score (nSPS) is 16.8. The SMILES string of the molecule is O=C(O)c1ccc2cc(CN3CCNCC3)[nH]c2c1. The van der Waals surface area contributed by atoms with Crippen molar-refractivity contribution in [2.75, 3.05) is 26.2 Å². The molecule has 1 aliphatic rings. The molecule has 1 fully saturated rings. The Bertz CT molecular complexity index is 600. The third-order valence-electron chi connectivity index (χ3n) is 3.53. The molecule has 1 saturated heterocycles. The molecular weight excluding hydrogens is 242 g/mol. The summed E-state index contributed by atoms with van der Waals surface area (Å²) >= 11 is 0. The van der Waals surface area contributed by atoms with Gasteiger partial charge in [-0.2, -0.15) is 0 Å². The summed E-state index contributed by atoms with van der Waals surface area (Å²) in [4.78, 5) is 16.6. The van der Waals surface area contributed by atoms with E-state index >= 15 is 0 Å². The summed E-state index contributed by atoms with van der Waals surface area (Å²) in [6.45, 7) is 5.05. The number of carbonyl (C=O) groups is 1. The summed E-state index contributed by atoms with van der Waals surface area (Å²) in [5, 5.41) is 13.4. The van der Waals surface area contributed by atoms with Gasteiger partial charge in [0.1, 0.15) is 0 Å². The fourth-order valence-electron chi connectivity index (χ4n) is 2.52. The Hall–Kier alpha value is -1.85. The lowest BCUT2D eigenvalue weighted by atomic mass is 10.1. The van der Waals surface area contributed by atoms with Crippen molar-refractivity contribution >= 4 is 16.9 Å². The van der Waals surface area contributed by atoms with Crippen LogP contribution in [0.15, 0.2) is 24.3 Å². The Labute approximate surface area is 111 Å². The molecule has 0 aliphatic carbocycles. The number of aromatic nitrogens is 1. The van der Waals surface area contributed by atoms with Crippen molar-refractivity contribution in [3.05, 3.63) is 35.5 Å². The molecule has 0 amide bonds. The van der Waals surface area contributed by atoms with E-state index in [1.54, 1.807) is 12.1 Å². The zero-order valence-electron chi connectivity index (χ0n) is 10.6. The number of carboxylic acid groups (broad SMARTS) is 1. The molecule has 3 N–H and O–H groups in total. The van der Waals surface area contributed by atoms with Gasteiger partial charge in [-0.05, 0) is 23.6 Å². The third kappa shape index (κ3) is 2.62. The van der Waals surface area contributed by atoms with Gasteiger partial charge in [0, 0.05) is 43.9 Å². The second-order valence-electron chi connectivity index (χ2n) is 4.93. The van der Waals surface area contributed by atoms with E-state index < -0.39 is 5.97 Å². The van der Waals surface area contributed by atoms with Gasteiger partial charge < -0.3 is 15.4 Å². The quantitative estimate of drug-likeness (QED) is 0.776. The van der Waals surface area contributed by atoms with Crippen LogP contribution in [0.25, 0.3) is 10.9 Å². The van der Waals surface area contributed by atoms with Gasteiger partial charge in [0.25, 0.3) is 0 Å². The highest BCUT2D eigenvalue weighted by Crippen LogP contribution is 2.18. The molecule has 5 nitrogen and oxygen atoms in total. The number of rotatable bonds is 3. The highest BCUT2D eigenvalue weighted by atomic mass is 16.4. The summed E-state index contributed by atoms with van der Waals surface area (Å²) in [6, 6.07) is 7.30. The Balaban J connectivity index is 1.82. The van der Waals surface area contributed by atoms with Crippen LogP contribution in [0.1, 0.15) is 16.1 Å². The van der Waals surface area contributed by atoms with Crippen LogP contribution in [-0.4, -0.2) is 47.1 Å². The average molecular weight is 259 g/mol. The molecule has 2 aromatic rings. The van der Waals surface area contributed by atoms with Gasteiger partial charge in [-0.25, -0.2) is 4.79 Å². The van der Waals surface area contributed by atoms with Crippen LogP contribution < -0.4 is 5.32 Å². The molecule has 0 radical (unpaired) electrons. The summed E-state index contributed by atoms with van der Waals surface area (Å²) in [5.41, 5.74) is 2.35. The largest absolute Gasteiger partial charge is 0.478 e. The zero-order chi connectivity index (χ0) is 13.2. The molecule has 0 spiro atoms. The fraction of sp³-hybridized carbons (Fsp3) is 0.357. The maximum atomic E-state index is 10.9. The van der Waals surface area contributed by atoms with Crippen LogP contribution in [0.2, 0.25) is 0 Å². The Morgan fingerprint density at radius 3 is 2.79 bits per heavy atom. The molecule has 0 saturated carbocycles. The minimum atomic E-state index is -0.889. The molecule has 1 aromatic heterocycles. The van der Waals surface area contributed by atoms with E-state index in [1.807, 2.05) is 6.07 Å². The van der Waals surface area contributed by atoms with E-state index in [4.69, 9.17) is 5.11 Å². The first-order valence-corrected chi connectivity index (χ1v) is 6.50. The summed E-state index contributed by atoms with van der Waals surface area (Å²) in [5.74, 6) is -0.889. The van der Waals surface area contributed by atoms with Gasteiger partial charge in [0.2, 0.25) is 0 Å². The molecule has 100 valence electrons. The molecule has 3 rings (SSSR count). The van der Waals surface area contributed by atoms with Crippen LogP contribution >= 0.6 is 0 Å². The van der Waals surface area contributed by atoms with Gasteiger partial charge in [0.05, 0.1) is 5.56 Å². The highest BCUT2D eigenvalue weighted by molar-refractivity contribution is 5.93. The molecule has 0 unspecified atom stereocenters. The van der Waals surface area contributed by atoms with E-state index in [2.05, 4.69) is 21.3 Å². The lowest BCUT2D eigenvalue weighted by molar-refractivity contribution is 0.0697.